The summed E-state index contributed by atoms with van der Waals surface area (Å²) in [5.41, 5.74) is 5.54. The van der Waals surface area contributed by atoms with E-state index in [0.717, 1.165) is 19.3 Å². The molecular weight excluding hydrogens is 230 g/mol. The van der Waals surface area contributed by atoms with E-state index in [1.54, 1.807) is 16.8 Å². The highest BCUT2D eigenvalue weighted by Gasteiger charge is 2.24. The molecule has 18 heavy (non-hydrogen) atoms. The van der Waals surface area contributed by atoms with Gasteiger partial charge in [0.05, 0.1) is 6.54 Å². The van der Waals surface area contributed by atoms with Gasteiger partial charge in [-0.2, -0.15) is 0 Å². The normalized spacial score (nSPS) is 18.1. The average Bonchev–Trinajstić information content (AvgIpc) is 2.37. The minimum atomic E-state index is 0.0311. The fraction of sp³-hybridized carbons (Fsp3) is 0.846. The van der Waals surface area contributed by atoms with Crippen molar-refractivity contribution in [3.05, 3.63) is 0 Å². The molecule has 0 saturated carbocycles. The van der Waals surface area contributed by atoms with Crippen LogP contribution in [0.1, 0.15) is 32.6 Å². The number of piperazine rings is 1. The van der Waals surface area contributed by atoms with Gasteiger partial charge in [-0.05, 0) is 25.3 Å². The Balaban J connectivity index is 2.34. The lowest BCUT2D eigenvalue weighted by Crippen LogP contribution is -2.50. The van der Waals surface area contributed by atoms with Crippen LogP contribution in [0, 0.1) is 5.92 Å². The molecule has 2 amide bonds. The Labute approximate surface area is 109 Å². The number of hydrogen-bond acceptors (Lipinski definition) is 3. The molecule has 1 rings (SSSR count). The van der Waals surface area contributed by atoms with Crippen molar-refractivity contribution in [2.24, 2.45) is 11.7 Å². The molecule has 1 aliphatic rings. The molecule has 1 aliphatic heterocycles. The zero-order valence-corrected chi connectivity index (χ0v) is 11.5. The molecule has 1 saturated heterocycles. The Bertz CT molecular complexity index is 294. The van der Waals surface area contributed by atoms with E-state index in [-0.39, 0.29) is 18.4 Å². The molecule has 0 bridgehead atoms. The highest BCUT2D eigenvalue weighted by molar-refractivity contribution is 5.85. The number of carbonyl (C=O) groups excluding carboxylic acids is 2. The van der Waals surface area contributed by atoms with Gasteiger partial charge in [-0.15, -0.1) is 0 Å². The number of hydrogen-bond donors (Lipinski definition) is 1. The number of carbonyl (C=O) groups is 2. The highest BCUT2D eigenvalue weighted by Crippen LogP contribution is 2.16. The van der Waals surface area contributed by atoms with Crippen LogP contribution in [0.2, 0.25) is 0 Å². The summed E-state index contributed by atoms with van der Waals surface area (Å²) in [4.78, 5) is 26.9. The predicted octanol–water partition coefficient (Wildman–Crippen LogP) is 0.442. The average molecular weight is 255 g/mol. The van der Waals surface area contributed by atoms with Gasteiger partial charge in [0, 0.05) is 26.6 Å². The van der Waals surface area contributed by atoms with Crippen molar-refractivity contribution < 1.29 is 9.59 Å². The van der Waals surface area contributed by atoms with Gasteiger partial charge in [0.25, 0.3) is 0 Å². The molecule has 2 N–H and O–H groups in total. The predicted molar refractivity (Wildman–Crippen MR) is 70.9 cm³/mol. The number of likely N-dealkylation sites (N-methyl/N-ethyl adjacent to an activating group) is 1. The van der Waals surface area contributed by atoms with Gasteiger partial charge in [-0.1, -0.05) is 13.3 Å². The zero-order chi connectivity index (χ0) is 13.5. The highest BCUT2D eigenvalue weighted by atomic mass is 16.2. The molecule has 1 fully saturated rings. The van der Waals surface area contributed by atoms with Gasteiger partial charge in [-0.25, -0.2) is 0 Å². The Morgan fingerprint density at radius 2 is 2.11 bits per heavy atom. The van der Waals surface area contributed by atoms with E-state index in [9.17, 15) is 9.59 Å². The summed E-state index contributed by atoms with van der Waals surface area (Å²) < 4.78 is 0. The lowest BCUT2D eigenvalue weighted by Gasteiger charge is -2.32. The van der Waals surface area contributed by atoms with E-state index in [4.69, 9.17) is 5.73 Å². The minimum Gasteiger partial charge on any atom is -0.342 e. The lowest BCUT2D eigenvalue weighted by molar-refractivity contribution is -0.144. The van der Waals surface area contributed by atoms with Crippen molar-refractivity contribution in [2.45, 2.75) is 32.6 Å². The third-order valence-corrected chi connectivity index (χ3v) is 3.73. The molecular formula is C13H25N3O2. The molecule has 104 valence electrons. The van der Waals surface area contributed by atoms with Crippen LogP contribution in [0.3, 0.4) is 0 Å². The minimum absolute atomic E-state index is 0.0311. The van der Waals surface area contributed by atoms with E-state index < -0.39 is 0 Å². The van der Waals surface area contributed by atoms with Gasteiger partial charge in [0.1, 0.15) is 0 Å². The molecule has 0 spiro atoms. The van der Waals surface area contributed by atoms with Crippen LogP contribution in [0.25, 0.3) is 0 Å². The Hall–Kier alpha value is -1.10. The Morgan fingerprint density at radius 3 is 2.67 bits per heavy atom. The van der Waals surface area contributed by atoms with Crippen LogP contribution in [0.5, 0.6) is 0 Å². The van der Waals surface area contributed by atoms with Crippen LogP contribution in [-0.4, -0.2) is 54.8 Å². The lowest BCUT2D eigenvalue weighted by atomic mass is 9.96. The third-order valence-electron chi connectivity index (χ3n) is 3.73. The molecule has 0 aromatic carbocycles. The summed E-state index contributed by atoms with van der Waals surface area (Å²) in [5, 5.41) is 0. The summed E-state index contributed by atoms with van der Waals surface area (Å²) in [6, 6.07) is 0. The van der Waals surface area contributed by atoms with Crippen LogP contribution in [-0.2, 0) is 9.59 Å². The molecule has 5 nitrogen and oxygen atoms in total. The van der Waals surface area contributed by atoms with Gasteiger partial charge in [0.15, 0.2) is 0 Å². The smallest absolute Gasteiger partial charge is 0.241 e. The first-order valence-corrected chi connectivity index (χ1v) is 6.80. The second-order valence-corrected chi connectivity index (χ2v) is 5.02. The van der Waals surface area contributed by atoms with Crippen LogP contribution in [0.15, 0.2) is 0 Å². The van der Waals surface area contributed by atoms with Crippen LogP contribution in [0.4, 0.5) is 0 Å². The molecule has 1 unspecified atom stereocenters. The van der Waals surface area contributed by atoms with Crippen molar-refractivity contribution in [3.8, 4) is 0 Å². The zero-order valence-electron chi connectivity index (χ0n) is 11.5. The summed E-state index contributed by atoms with van der Waals surface area (Å²) in [6.45, 7) is 4.35. The maximum Gasteiger partial charge on any atom is 0.241 e. The van der Waals surface area contributed by atoms with Gasteiger partial charge >= 0.3 is 0 Å². The van der Waals surface area contributed by atoms with Crippen molar-refractivity contribution in [3.63, 3.8) is 0 Å². The number of amides is 2. The largest absolute Gasteiger partial charge is 0.342 e. The second kappa shape index (κ2) is 7.36. The number of nitrogens with zero attached hydrogens (tertiary/aromatic N) is 2. The second-order valence-electron chi connectivity index (χ2n) is 5.02. The fourth-order valence-electron chi connectivity index (χ4n) is 2.25. The standard InChI is InChI=1S/C13H25N3O2/c1-3-11(6-7-14)4-5-12(17)16-9-8-15(2)13(18)10-16/h11H,3-10,14H2,1-2H3. The SMILES string of the molecule is CCC(CCN)CCC(=O)N1CCN(C)C(=O)C1. The van der Waals surface area contributed by atoms with Gasteiger partial charge < -0.3 is 15.5 Å². The molecule has 1 atom stereocenters. The molecule has 0 radical (unpaired) electrons. The van der Waals surface area contributed by atoms with E-state index in [0.29, 0.717) is 32.0 Å². The van der Waals surface area contributed by atoms with E-state index in [1.807, 2.05) is 0 Å². The third kappa shape index (κ3) is 4.29. The monoisotopic (exact) mass is 255 g/mol. The van der Waals surface area contributed by atoms with E-state index in [1.165, 1.54) is 0 Å². The maximum absolute atomic E-state index is 12.0. The first kappa shape index (κ1) is 15.0. The van der Waals surface area contributed by atoms with Crippen molar-refractivity contribution in [1.29, 1.82) is 0 Å². The van der Waals surface area contributed by atoms with E-state index in [2.05, 4.69) is 6.92 Å². The Kier molecular flexibility index (Phi) is 6.12. The molecule has 0 aromatic heterocycles. The molecule has 0 aliphatic carbocycles. The maximum atomic E-state index is 12.0. The van der Waals surface area contributed by atoms with E-state index >= 15 is 0 Å². The number of rotatable bonds is 6. The Morgan fingerprint density at radius 1 is 1.39 bits per heavy atom. The van der Waals surface area contributed by atoms with Crippen LogP contribution < -0.4 is 5.73 Å². The quantitative estimate of drug-likeness (QED) is 0.749. The fourth-order valence-corrected chi connectivity index (χ4v) is 2.25. The topological polar surface area (TPSA) is 66.6 Å². The van der Waals surface area contributed by atoms with Crippen molar-refractivity contribution in [2.75, 3.05) is 33.2 Å². The van der Waals surface area contributed by atoms with Crippen molar-refractivity contribution >= 4 is 11.8 Å². The molecule has 0 aromatic rings. The van der Waals surface area contributed by atoms with Crippen LogP contribution >= 0.6 is 0 Å². The van der Waals surface area contributed by atoms with Gasteiger partial charge in [0.2, 0.25) is 11.8 Å². The first-order valence-electron chi connectivity index (χ1n) is 6.80. The summed E-state index contributed by atoms with van der Waals surface area (Å²) >= 11 is 0. The van der Waals surface area contributed by atoms with Gasteiger partial charge in [-0.3, -0.25) is 9.59 Å². The first-order chi connectivity index (χ1) is 8.58. The van der Waals surface area contributed by atoms with Crippen molar-refractivity contribution in [1.82, 2.24) is 9.80 Å². The summed E-state index contributed by atoms with van der Waals surface area (Å²) in [7, 11) is 1.78. The summed E-state index contributed by atoms with van der Waals surface area (Å²) in [6.07, 6.45) is 3.46. The molecule has 1 heterocycles. The summed E-state index contributed by atoms with van der Waals surface area (Å²) in [5.74, 6) is 0.664. The number of nitrogens with two attached hydrogens (primary N) is 1. The molecule has 5 heteroatoms.